The van der Waals surface area contributed by atoms with Crippen molar-refractivity contribution >= 4 is 5.95 Å². The molecule has 0 spiro atoms. The summed E-state index contributed by atoms with van der Waals surface area (Å²) in [5.74, 6) is 2.13. The molecule has 3 rings (SSSR count). The number of ether oxygens (including phenoxy) is 2. The summed E-state index contributed by atoms with van der Waals surface area (Å²) in [5, 5.41) is 0. The zero-order valence-corrected chi connectivity index (χ0v) is 15.1. The van der Waals surface area contributed by atoms with E-state index in [1.54, 1.807) is 31.9 Å². The van der Waals surface area contributed by atoms with Crippen molar-refractivity contribution in [2.45, 2.75) is 13.3 Å². The normalized spacial score (nSPS) is 10.4. The molecular weight excluding hydrogens is 330 g/mol. The Labute approximate surface area is 152 Å². The number of pyridine rings is 2. The number of aromatic nitrogens is 4. The first-order chi connectivity index (χ1) is 12.7. The van der Waals surface area contributed by atoms with Gasteiger partial charge >= 0.3 is 0 Å². The minimum Gasteiger partial charge on any atom is -0.481 e. The van der Waals surface area contributed by atoms with Gasteiger partial charge in [-0.3, -0.25) is 0 Å². The molecular formula is C19H21N5O2. The number of hydrogen-bond acceptors (Lipinski definition) is 7. The minimum absolute atomic E-state index is 0.442. The second kappa shape index (κ2) is 8.24. The van der Waals surface area contributed by atoms with Crippen molar-refractivity contribution in [3.8, 4) is 28.6 Å². The van der Waals surface area contributed by atoms with Gasteiger partial charge < -0.3 is 14.4 Å². The zero-order chi connectivity index (χ0) is 18.4. The first kappa shape index (κ1) is 17.6. The molecule has 0 aliphatic heterocycles. The summed E-state index contributed by atoms with van der Waals surface area (Å²) in [7, 11) is 3.55. The van der Waals surface area contributed by atoms with Gasteiger partial charge in [-0.25, -0.2) is 19.9 Å². The molecule has 0 aromatic carbocycles. The lowest BCUT2D eigenvalue weighted by atomic mass is 10.1. The van der Waals surface area contributed by atoms with E-state index in [0.717, 1.165) is 24.1 Å². The Balaban J connectivity index is 1.87. The lowest BCUT2D eigenvalue weighted by Gasteiger charge is -2.16. The number of hydrogen-bond donors (Lipinski definition) is 0. The number of nitrogens with zero attached hydrogens (tertiary/aromatic N) is 5. The largest absolute Gasteiger partial charge is 0.481 e. The third kappa shape index (κ3) is 3.88. The maximum Gasteiger partial charge on any atom is 0.227 e. The summed E-state index contributed by atoms with van der Waals surface area (Å²) in [4.78, 5) is 19.3. The number of methoxy groups -OCH3 is 1. The second-order valence-electron chi connectivity index (χ2n) is 5.66. The van der Waals surface area contributed by atoms with Gasteiger partial charge in [0.25, 0.3) is 0 Å². The molecule has 0 saturated heterocycles. The molecule has 0 aliphatic carbocycles. The van der Waals surface area contributed by atoms with Crippen LogP contribution in [-0.4, -0.2) is 40.6 Å². The van der Waals surface area contributed by atoms with Gasteiger partial charge in [0.05, 0.1) is 19.5 Å². The van der Waals surface area contributed by atoms with E-state index in [1.807, 2.05) is 36.2 Å². The van der Waals surface area contributed by atoms with Gasteiger partial charge in [0.1, 0.15) is 0 Å². The van der Waals surface area contributed by atoms with Gasteiger partial charge in [-0.1, -0.05) is 6.92 Å². The molecule has 0 saturated carbocycles. The van der Waals surface area contributed by atoms with E-state index in [1.165, 1.54) is 0 Å². The Bertz CT molecular complexity index is 855. The maximum absolute atomic E-state index is 5.92. The van der Waals surface area contributed by atoms with E-state index < -0.39 is 0 Å². The third-order valence-electron chi connectivity index (χ3n) is 3.76. The molecule has 7 heteroatoms. The summed E-state index contributed by atoms with van der Waals surface area (Å²) in [6.07, 6.45) is 7.67. The van der Waals surface area contributed by atoms with E-state index in [9.17, 15) is 0 Å². The van der Waals surface area contributed by atoms with Gasteiger partial charge in [0, 0.05) is 37.1 Å². The van der Waals surface area contributed by atoms with E-state index in [2.05, 4.69) is 26.9 Å². The van der Waals surface area contributed by atoms with Crippen LogP contribution in [0.15, 0.2) is 49.1 Å². The molecule has 26 heavy (non-hydrogen) atoms. The van der Waals surface area contributed by atoms with Crippen LogP contribution in [0, 0.1) is 0 Å². The molecule has 0 amide bonds. The van der Waals surface area contributed by atoms with Crippen LogP contribution in [0.25, 0.3) is 11.1 Å². The Kier molecular flexibility index (Phi) is 5.58. The Morgan fingerprint density at radius 3 is 2.15 bits per heavy atom. The van der Waals surface area contributed by atoms with Crippen molar-refractivity contribution in [1.29, 1.82) is 0 Å². The average Bonchev–Trinajstić information content (AvgIpc) is 2.69. The highest BCUT2D eigenvalue weighted by Crippen LogP contribution is 2.35. The molecule has 134 valence electrons. The number of anilines is 1. The lowest BCUT2D eigenvalue weighted by Crippen LogP contribution is -2.20. The fourth-order valence-electron chi connectivity index (χ4n) is 2.54. The van der Waals surface area contributed by atoms with Crippen LogP contribution in [0.3, 0.4) is 0 Å². The maximum atomic E-state index is 5.92. The van der Waals surface area contributed by atoms with Crippen molar-refractivity contribution in [2.24, 2.45) is 0 Å². The molecule has 0 fully saturated rings. The molecule has 7 nitrogen and oxygen atoms in total. The van der Waals surface area contributed by atoms with Crippen LogP contribution in [0.2, 0.25) is 0 Å². The van der Waals surface area contributed by atoms with Crippen molar-refractivity contribution in [3.63, 3.8) is 0 Å². The molecule has 0 aliphatic rings. The third-order valence-corrected chi connectivity index (χ3v) is 3.76. The smallest absolute Gasteiger partial charge is 0.227 e. The predicted molar refractivity (Wildman–Crippen MR) is 99.7 cm³/mol. The van der Waals surface area contributed by atoms with Crippen LogP contribution in [-0.2, 0) is 0 Å². The van der Waals surface area contributed by atoms with Gasteiger partial charge in [-0.05, 0) is 30.7 Å². The van der Waals surface area contributed by atoms with Crippen LogP contribution in [0.4, 0.5) is 5.95 Å². The van der Waals surface area contributed by atoms with Crippen LogP contribution in [0.1, 0.15) is 13.3 Å². The van der Waals surface area contributed by atoms with Gasteiger partial charge in [-0.15, -0.1) is 0 Å². The van der Waals surface area contributed by atoms with Crippen LogP contribution < -0.4 is 14.4 Å². The van der Waals surface area contributed by atoms with E-state index in [-0.39, 0.29) is 0 Å². The highest BCUT2D eigenvalue weighted by molar-refractivity contribution is 5.72. The SMILES string of the molecule is CCCN(C)c1ncc(Oc2ncccc2-c2cccnc2OC)cn1. The fourth-order valence-corrected chi connectivity index (χ4v) is 2.54. The summed E-state index contributed by atoms with van der Waals surface area (Å²) in [6.45, 7) is 3.01. The van der Waals surface area contributed by atoms with Crippen LogP contribution in [0.5, 0.6) is 17.5 Å². The van der Waals surface area contributed by atoms with Gasteiger partial charge in [-0.2, -0.15) is 0 Å². The van der Waals surface area contributed by atoms with Crippen molar-refractivity contribution < 1.29 is 9.47 Å². The summed E-state index contributed by atoms with van der Waals surface area (Å²) in [6, 6.07) is 7.51. The lowest BCUT2D eigenvalue weighted by molar-refractivity contribution is 0.399. The molecule has 3 aromatic heterocycles. The van der Waals surface area contributed by atoms with E-state index >= 15 is 0 Å². The molecule has 0 radical (unpaired) electrons. The molecule has 0 bridgehead atoms. The zero-order valence-electron chi connectivity index (χ0n) is 15.1. The molecule has 0 atom stereocenters. The highest BCUT2D eigenvalue weighted by Gasteiger charge is 2.14. The van der Waals surface area contributed by atoms with Crippen LogP contribution >= 0.6 is 0 Å². The van der Waals surface area contributed by atoms with E-state index in [0.29, 0.717) is 23.5 Å². The summed E-state index contributed by atoms with van der Waals surface area (Å²) >= 11 is 0. The Morgan fingerprint density at radius 1 is 0.923 bits per heavy atom. The second-order valence-corrected chi connectivity index (χ2v) is 5.66. The van der Waals surface area contributed by atoms with E-state index in [4.69, 9.17) is 9.47 Å². The van der Waals surface area contributed by atoms with Crippen molar-refractivity contribution in [3.05, 3.63) is 49.1 Å². The number of rotatable bonds is 7. The average molecular weight is 351 g/mol. The topological polar surface area (TPSA) is 73.3 Å². The minimum atomic E-state index is 0.442. The summed E-state index contributed by atoms with van der Waals surface area (Å²) in [5.41, 5.74) is 1.59. The molecule has 3 aromatic rings. The first-order valence-electron chi connectivity index (χ1n) is 8.38. The standard InChI is InChI=1S/C19H21N5O2/c1-4-11-24(2)19-22-12-14(13-23-19)26-18-16(8-6-10-21-18)15-7-5-9-20-17(15)25-3/h5-10,12-13H,4,11H2,1-3H3. The van der Waals surface area contributed by atoms with Gasteiger partial charge in [0.2, 0.25) is 17.7 Å². The van der Waals surface area contributed by atoms with Crippen molar-refractivity contribution in [2.75, 3.05) is 25.6 Å². The quantitative estimate of drug-likeness (QED) is 0.644. The molecule has 0 N–H and O–H groups in total. The first-order valence-corrected chi connectivity index (χ1v) is 8.38. The fraction of sp³-hybridized carbons (Fsp3) is 0.263. The molecule has 3 heterocycles. The monoisotopic (exact) mass is 351 g/mol. The Hall–Kier alpha value is -3.22. The predicted octanol–water partition coefficient (Wildman–Crippen LogP) is 3.58. The Morgan fingerprint density at radius 2 is 1.54 bits per heavy atom. The highest BCUT2D eigenvalue weighted by atomic mass is 16.5. The summed E-state index contributed by atoms with van der Waals surface area (Å²) < 4.78 is 11.3. The van der Waals surface area contributed by atoms with Crippen molar-refractivity contribution in [1.82, 2.24) is 19.9 Å². The van der Waals surface area contributed by atoms with Gasteiger partial charge in [0.15, 0.2) is 5.75 Å². The molecule has 0 unspecified atom stereocenters.